The molecule has 16 heavy (non-hydrogen) atoms. The van der Waals surface area contributed by atoms with Crippen LogP contribution in [0.2, 0.25) is 0 Å². The molecule has 90 valence electrons. The van der Waals surface area contributed by atoms with Gasteiger partial charge < -0.3 is 10.0 Å². The Morgan fingerprint density at radius 3 is 2.62 bits per heavy atom. The molecule has 0 fully saturated rings. The van der Waals surface area contributed by atoms with E-state index in [1.165, 1.54) is 16.2 Å². The van der Waals surface area contributed by atoms with Gasteiger partial charge in [0.1, 0.15) is 4.88 Å². The van der Waals surface area contributed by atoms with E-state index in [1.54, 1.807) is 13.2 Å². The van der Waals surface area contributed by atoms with Crippen molar-refractivity contribution in [2.24, 2.45) is 0 Å². The topological polar surface area (TPSA) is 53.4 Å². The molecule has 0 saturated heterocycles. The second-order valence-electron chi connectivity index (χ2n) is 4.73. The zero-order valence-corrected chi connectivity index (χ0v) is 11.0. The Balaban J connectivity index is 2.82. The third-order valence-electron chi connectivity index (χ3n) is 2.14. The third kappa shape index (κ3) is 3.02. The van der Waals surface area contributed by atoms with Gasteiger partial charge in [-0.25, -0.2) is 4.98 Å². The zero-order chi connectivity index (χ0) is 12.3. The number of rotatable bonds is 3. The minimum atomic E-state index is -0.0814. The molecule has 0 aliphatic carbocycles. The first-order valence-electron chi connectivity index (χ1n) is 5.19. The Bertz CT molecular complexity index is 368. The smallest absolute Gasteiger partial charge is 0.265 e. The maximum Gasteiger partial charge on any atom is 0.265 e. The number of aliphatic hydroxyl groups excluding tert-OH is 1. The molecule has 0 radical (unpaired) electrons. The number of carbonyl (C=O) groups excluding carboxylic acids is 1. The minimum absolute atomic E-state index is 0.0207. The Morgan fingerprint density at radius 1 is 1.56 bits per heavy atom. The van der Waals surface area contributed by atoms with Gasteiger partial charge in [0, 0.05) is 19.0 Å². The van der Waals surface area contributed by atoms with Crippen LogP contribution in [-0.4, -0.2) is 41.1 Å². The number of thiazole rings is 1. The maximum atomic E-state index is 11.9. The highest BCUT2D eigenvalue weighted by Gasteiger charge is 2.21. The van der Waals surface area contributed by atoms with Crippen molar-refractivity contribution in [1.29, 1.82) is 0 Å². The second-order valence-corrected chi connectivity index (χ2v) is 5.76. The maximum absolute atomic E-state index is 11.9. The Kier molecular flexibility index (Phi) is 4.04. The Labute approximate surface area is 99.9 Å². The van der Waals surface area contributed by atoms with Gasteiger partial charge in [-0.05, 0) is 0 Å². The van der Waals surface area contributed by atoms with Gasteiger partial charge in [-0.2, -0.15) is 0 Å². The zero-order valence-electron chi connectivity index (χ0n) is 10.1. The third-order valence-corrected chi connectivity index (χ3v) is 3.55. The molecule has 0 saturated carbocycles. The van der Waals surface area contributed by atoms with E-state index in [4.69, 9.17) is 5.11 Å². The van der Waals surface area contributed by atoms with Crippen molar-refractivity contribution < 1.29 is 9.90 Å². The fourth-order valence-corrected chi connectivity index (χ4v) is 2.13. The molecule has 1 aromatic heterocycles. The lowest BCUT2D eigenvalue weighted by Gasteiger charge is -2.15. The van der Waals surface area contributed by atoms with E-state index in [-0.39, 0.29) is 17.9 Å². The van der Waals surface area contributed by atoms with Gasteiger partial charge in [0.15, 0.2) is 0 Å². The molecule has 1 N–H and O–H groups in total. The molecule has 1 rings (SSSR count). The van der Waals surface area contributed by atoms with Crippen molar-refractivity contribution in [2.75, 3.05) is 20.2 Å². The SMILES string of the molecule is CN(CCO)C(=O)c1cnc(C(C)(C)C)s1. The van der Waals surface area contributed by atoms with Crippen LogP contribution < -0.4 is 0 Å². The lowest BCUT2D eigenvalue weighted by Crippen LogP contribution is -2.28. The number of nitrogens with zero attached hydrogens (tertiary/aromatic N) is 2. The normalized spacial score (nSPS) is 11.6. The van der Waals surface area contributed by atoms with Gasteiger partial charge in [0.2, 0.25) is 0 Å². The molecule has 1 aromatic rings. The number of likely N-dealkylation sites (N-methyl/N-ethyl adjacent to an activating group) is 1. The van der Waals surface area contributed by atoms with E-state index in [9.17, 15) is 4.79 Å². The van der Waals surface area contributed by atoms with Gasteiger partial charge in [-0.15, -0.1) is 11.3 Å². The van der Waals surface area contributed by atoms with Crippen LogP contribution >= 0.6 is 11.3 Å². The van der Waals surface area contributed by atoms with E-state index in [0.717, 1.165) is 5.01 Å². The average Bonchev–Trinajstić information content (AvgIpc) is 2.65. The fourth-order valence-electron chi connectivity index (χ4n) is 1.16. The number of aromatic nitrogens is 1. The lowest BCUT2D eigenvalue weighted by molar-refractivity contribution is 0.0771. The summed E-state index contributed by atoms with van der Waals surface area (Å²) in [7, 11) is 1.68. The van der Waals surface area contributed by atoms with E-state index in [0.29, 0.717) is 11.4 Å². The highest BCUT2D eigenvalue weighted by atomic mass is 32.1. The molecule has 0 aromatic carbocycles. The van der Waals surface area contributed by atoms with E-state index >= 15 is 0 Å². The molecule has 1 heterocycles. The summed E-state index contributed by atoms with van der Waals surface area (Å²) < 4.78 is 0. The summed E-state index contributed by atoms with van der Waals surface area (Å²) in [6.45, 7) is 6.53. The van der Waals surface area contributed by atoms with Gasteiger partial charge in [-0.1, -0.05) is 20.8 Å². The van der Waals surface area contributed by atoms with Crippen LogP contribution in [0.3, 0.4) is 0 Å². The first-order valence-corrected chi connectivity index (χ1v) is 6.00. The summed E-state index contributed by atoms with van der Waals surface area (Å²) in [5.41, 5.74) is -0.0290. The van der Waals surface area contributed by atoms with E-state index in [1.807, 2.05) is 0 Å². The van der Waals surface area contributed by atoms with Crippen LogP contribution in [0.15, 0.2) is 6.20 Å². The van der Waals surface area contributed by atoms with Crippen LogP contribution in [0.5, 0.6) is 0 Å². The van der Waals surface area contributed by atoms with Crippen LogP contribution in [0.25, 0.3) is 0 Å². The number of hydrogen-bond acceptors (Lipinski definition) is 4. The number of amides is 1. The van der Waals surface area contributed by atoms with Gasteiger partial charge in [0.25, 0.3) is 5.91 Å². The number of hydrogen-bond donors (Lipinski definition) is 1. The van der Waals surface area contributed by atoms with E-state index in [2.05, 4.69) is 25.8 Å². The number of carbonyl (C=O) groups is 1. The molecule has 0 aliphatic heterocycles. The highest BCUT2D eigenvalue weighted by molar-refractivity contribution is 7.13. The molecule has 1 amide bonds. The summed E-state index contributed by atoms with van der Waals surface area (Å²) in [6, 6.07) is 0. The van der Waals surface area contributed by atoms with Gasteiger partial charge in [-0.3, -0.25) is 4.79 Å². The van der Waals surface area contributed by atoms with E-state index < -0.39 is 0 Å². The molecule has 0 bridgehead atoms. The largest absolute Gasteiger partial charge is 0.395 e. The number of aliphatic hydroxyl groups is 1. The molecule has 0 unspecified atom stereocenters. The molecule has 0 atom stereocenters. The van der Waals surface area contributed by atoms with Crippen molar-refractivity contribution in [3.05, 3.63) is 16.1 Å². The fraction of sp³-hybridized carbons (Fsp3) is 0.636. The molecule has 0 spiro atoms. The van der Waals surface area contributed by atoms with Gasteiger partial charge in [0.05, 0.1) is 17.8 Å². The van der Waals surface area contributed by atoms with Crippen LogP contribution in [-0.2, 0) is 5.41 Å². The summed E-state index contributed by atoms with van der Waals surface area (Å²) in [5.74, 6) is -0.0814. The standard InChI is InChI=1S/C11H18N2O2S/c1-11(2,3)10-12-7-8(16-10)9(15)13(4)5-6-14/h7,14H,5-6H2,1-4H3. The second kappa shape index (κ2) is 4.93. The summed E-state index contributed by atoms with van der Waals surface area (Å²) in [4.78, 5) is 18.2. The van der Waals surface area contributed by atoms with Crippen molar-refractivity contribution in [3.63, 3.8) is 0 Å². The van der Waals surface area contributed by atoms with Crippen molar-refractivity contribution in [1.82, 2.24) is 9.88 Å². The quantitative estimate of drug-likeness (QED) is 0.874. The van der Waals surface area contributed by atoms with Crippen molar-refractivity contribution >= 4 is 17.2 Å². The van der Waals surface area contributed by atoms with Crippen LogP contribution in [0, 0.1) is 0 Å². The first-order chi connectivity index (χ1) is 7.36. The molecule has 4 nitrogen and oxygen atoms in total. The summed E-state index contributed by atoms with van der Waals surface area (Å²) >= 11 is 1.42. The Hall–Kier alpha value is -0.940. The van der Waals surface area contributed by atoms with Crippen molar-refractivity contribution in [2.45, 2.75) is 26.2 Å². The van der Waals surface area contributed by atoms with Gasteiger partial charge >= 0.3 is 0 Å². The van der Waals surface area contributed by atoms with Crippen LogP contribution in [0.1, 0.15) is 35.5 Å². The lowest BCUT2D eigenvalue weighted by atomic mass is 9.98. The molecular weight excluding hydrogens is 224 g/mol. The summed E-state index contributed by atoms with van der Waals surface area (Å²) in [5, 5.41) is 9.71. The monoisotopic (exact) mass is 242 g/mol. The average molecular weight is 242 g/mol. The molecule has 0 aliphatic rings. The highest BCUT2D eigenvalue weighted by Crippen LogP contribution is 2.27. The molecule has 5 heteroatoms. The molecular formula is C11H18N2O2S. The van der Waals surface area contributed by atoms with Crippen LogP contribution in [0.4, 0.5) is 0 Å². The van der Waals surface area contributed by atoms with Crippen molar-refractivity contribution in [3.8, 4) is 0 Å². The predicted octanol–water partition coefficient (Wildman–Crippen LogP) is 1.50. The summed E-state index contributed by atoms with van der Waals surface area (Å²) in [6.07, 6.45) is 1.61. The Morgan fingerprint density at radius 2 is 2.19 bits per heavy atom. The first kappa shape index (κ1) is 13.1. The minimum Gasteiger partial charge on any atom is -0.395 e. The predicted molar refractivity (Wildman–Crippen MR) is 64.9 cm³/mol.